The zero-order valence-electron chi connectivity index (χ0n) is 22.8. The smallest absolute Gasteiger partial charge is 0.262 e. The Labute approximate surface area is 239 Å². The molecular formula is C31H38N4O4S. The highest BCUT2D eigenvalue weighted by Crippen LogP contribution is 2.31. The predicted octanol–water partition coefficient (Wildman–Crippen LogP) is 3.95. The number of carbonyl (C=O) groups is 2. The van der Waals surface area contributed by atoms with Crippen molar-refractivity contribution in [1.82, 2.24) is 20.2 Å². The van der Waals surface area contributed by atoms with Crippen LogP contribution in [0.3, 0.4) is 0 Å². The fraction of sp³-hybridized carbons (Fsp3) is 0.484. The monoisotopic (exact) mass is 562 g/mol. The fourth-order valence-electron chi connectivity index (χ4n) is 5.62. The molecule has 1 aliphatic carbocycles. The third kappa shape index (κ3) is 7.52. The maximum Gasteiger partial charge on any atom is 0.262 e. The van der Waals surface area contributed by atoms with Crippen molar-refractivity contribution >= 4 is 34.5 Å². The Bertz CT molecular complexity index is 1350. The van der Waals surface area contributed by atoms with Crippen LogP contribution in [0.2, 0.25) is 0 Å². The third-order valence-corrected chi connectivity index (χ3v) is 8.90. The van der Waals surface area contributed by atoms with Gasteiger partial charge < -0.3 is 15.4 Å². The van der Waals surface area contributed by atoms with E-state index >= 15 is 0 Å². The highest BCUT2D eigenvalue weighted by atomic mass is 32.2. The number of benzene rings is 2. The lowest BCUT2D eigenvalue weighted by Crippen LogP contribution is -2.38. The summed E-state index contributed by atoms with van der Waals surface area (Å²) < 4.78 is 7.36. The number of nitrogens with one attached hydrogen (secondary N) is 2. The van der Waals surface area contributed by atoms with Gasteiger partial charge in [-0.2, -0.15) is 0 Å². The Morgan fingerprint density at radius 2 is 1.75 bits per heavy atom. The summed E-state index contributed by atoms with van der Waals surface area (Å²) in [5.74, 6) is 0.522. The first-order valence-electron chi connectivity index (χ1n) is 14.4. The van der Waals surface area contributed by atoms with Crippen molar-refractivity contribution in [2.75, 3.05) is 25.4 Å². The molecule has 212 valence electrons. The lowest BCUT2D eigenvalue weighted by atomic mass is 9.81. The van der Waals surface area contributed by atoms with E-state index in [1.165, 1.54) is 17.3 Å². The number of ether oxygens (including phenoxy) is 1. The Balaban J connectivity index is 1.18. The Hall–Kier alpha value is -3.17. The van der Waals surface area contributed by atoms with Gasteiger partial charge in [0, 0.05) is 32.2 Å². The van der Waals surface area contributed by atoms with Crippen LogP contribution in [0, 0.1) is 11.8 Å². The molecule has 2 heterocycles. The van der Waals surface area contributed by atoms with E-state index in [2.05, 4.69) is 10.6 Å². The number of rotatable bonds is 11. The van der Waals surface area contributed by atoms with E-state index < -0.39 is 0 Å². The minimum atomic E-state index is -0.0792. The normalized spacial score (nSPS) is 20.9. The van der Waals surface area contributed by atoms with E-state index in [0.29, 0.717) is 35.7 Å². The Kier molecular flexibility index (Phi) is 9.89. The highest BCUT2D eigenvalue weighted by molar-refractivity contribution is 7.99. The van der Waals surface area contributed by atoms with Crippen LogP contribution in [0.25, 0.3) is 10.9 Å². The molecule has 2 fully saturated rings. The van der Waals surface area contributed by atoms with Gasteiger partial charge in [0.1, 0.15) is 0 Å². The number of para-hydroxylation sites is 1. The number of nitrogens with zero attached hydrogens (tertiary/aromatic N) is 2. The molecule has 3 aromatic rings. The zero-order chi connectivity index (χ0) is 27.7. The van der Waals surface area contributed by atoms with Crippen molar-refractivity contribution in [2.24, 2.45) is 11.8 Å². The number of amides is 2. The van der Waals surface area contributed by atoms with Gasteiger partial charge in [0.25, 0.3) is 5.56 Å². The van der Waals surface area contributed by atoms with Gasteiger partial charge in [-0.25, -0.2) is 4.98 Å². The standard InChI is InChI=1S/C31H38N4O4S/c36-28(32-17-16-22-7-2-1-3-8-22)21-40-31-34-27-11-5-4-10-26(27)30(38)35(31)20-23-12-14-24(15-13-23)29(37)33-19-25-9-6-18-39-25/h1-5,7-8,10-11,23-25H,6,9,12-21H2,(H,32,36)(H,33,37). The summed E-state index contributed by atoms with van der Waals surface area (Å²) in [7, 11) is 0. The molecule has 0 spiro atoms. The van der Waals surface area contributed by atoms with Gasteiger partial charge in [0.15, 0.2) is 5.16 Å². The molecule has 1 unspecified atom stereocenters. The first kappa shape index (κ1) is 28.4. The van der Waals surface area contributed by atoms with Crippen molar-refractivity contribution in [3.63, 3.8) is 0 Å². The molecule has 0 bridgehead atoms. The minimum absolute atomic E-state index is 0.0116. The van der Waals surface area contributed by atoms with Crippen LogP contribution < -0.4 is 16.2 Å². The number of fused-ring (bicyclic) bond motifs is 1. The molecule has 1 saturated carbocycles. The summed E-state index contributed by atoms with van der Waals surface area (Å²) >= 11 is 1.31. The van der Waals surface area contributed by atoms with Crippen LogP contribution in [0.5, 0.6) is 0 Å². The molecule has 2 aliphatic rings. The van der Waals surface area contributed by atoms with E-state index in [4.69, 9.17) is 9.72 Å². The van der Waals surface area contributed by atoms with Crippen molar-refractivity contribution in [3.05, 3.63) is 70.5 Å². The molecule has 1 aliphatic heterocycles. The predicted molar refractivity (Wildman–Crippen MR) is 157 cm³/mol. The molecule has 9 heteroatoms. The topological polar surface area (TPSA) is 102 Å². The molecule has 40 heavy (non-hydrogen) atoms. The van der Waals surface area contributed by atoms with E-state index in [1.807, 2.05) is 48.5 Å². The zero-order valence-corrected chi connectivity index (χ0v) is 23.7. The summed E-state index contributed by atoms with van der Waals surface area (Å²) in [6.45, 7) is 2.48. The van der Waals surface area contributed by atoms with Gasteiger partial charge in [0.05, 0.1) is 22.8 Å². The molecule has 1 atom stereocenters. The summed E-state index contributed by atoms with van der Waals surface area (Å²) in [6, 6.07) is 17.4. The Morgan fingerprint density at radius 1 is 0.975 bits per heavy atom. The van der Waals surface area contributed by atoms with E-state index in [1.54, 1.807) is 10.6 Å². The first-order valence-corrected chi connectivity index (χ1v) is 15.4. The first-order chi connectivity index (χ1) is 19.6. The molecule has 0 radical (unpaired) electrons. The number of hydrogen-bond acceptors (Lipinski definition) is 6. The number of carbonyl (C=O) groups excluding carboxylic acids is 2. The molecule has 5 rings (SSSR count). The minimum Gasteiger partial charge on any atom is -0.376 e. The van der Waals surface area contributed by atoms with Crippen molar-refractivity contribution in [3.8, 4) is 0 Å². The lowest BCUT2D eigenvalue weighted by molar-refractivity contribution is -0.126. The van der Waals surface area contributed by atoms with Crippen LogP contribution >= 0.6 is 11.8 Å². The van der Waals surface area contributed by atoms with Crippen molar-refractivity contribution in [1.29, 1.82) is 0 Å². The molecule has 8 nitrogen and oxygen atoms in total. The molecule has 2 aromatic carbocycles. The molecule has 1 saturated heterocycles. The van der Waals surface area contributed by atoms with Crippen LogP contribution in [-0.2, 0) is 27.3 Å². The SMILES string of the molecule is O=C(CSc1nc2ccccc2c(=O)n1CC1CCC(C(=O)NCC2CCCO2)CC1)NCCc1ccccc1. The van der Waals surface area contributed by atoms with E-state index in [0.717, 1.165) is 51.6 Å². The van der Waals surface area contributed by atoms with Crippen LogP contribution in [0.4, 0.5) is 0 Å². The van der Waals surface area contributed by atoms with E-state index in [-0.39, 0.29) is 41.1 Å². The molecular weight excluding hydrogens is 524 g/mol. The second kappa shape index (κ2) is 13.9. The maximum atomic E-state index is 13.5. The van der Waals surface area contributed by atoms with Gasteiger partial charge in [0.2, 0.25) is 11.8 Å². The van der Waals surface area contributed by atoms with Gasteiger partial charge in [-0.15, -0.1) is 0 Å². The molecule has 2 amide bonds. The van der Waals surface area contributed by atoms with Crippen LogP contribution in [0.15, 0.2) is 64.5 Å². The van der Waals surface area contributed by atoms with Gasteiger partial charge in [-0.05, 0) is 68.6 Å². The highest BCUT2D eigenvalue weighted by Gasteiger charge is 2.28. The average molecular weight is 563 g/mol. The van der Waals surface area contributed by atoms with E-state index in [9.17, 15) is 14.4 Å². The fourth-order valence-corrected chi connectivity index (χ4v) is 6.46. The van der Waals surface area contributed by atoms with Gasteiger partial charge >= 0.3 is 0 Å². The number of hydrogen-bond donors (Lipinski definition) is 2. The summed E-state index contributed by atoms with van der Waals surface area (Å²) in [5, 5.41) is 7.21. The number of aromatic nitrogens is 2. The molecule has 2 N–H and O–H groups in total. The average Bonchev–Trinajstić information content (AvgIpc) is 3.51. The third-order valence-electron chi connectivity index (χ3n) is 7.92. The van der Waals surface area contributed by atoms with Crippen LogP contribution in [0.1, 0.15) is 44.1 Å². The Morgan fingerprint density at radius 3 is 2.52 bits per heavy atom. The molecule has 1 aromatic heterocycles. The summed E-state index contributed by atoms with van der Waals surface area (Å²) in [5.41, 5.74) is 1.74. The quantitative estimate of drug-likeness (QED) is 0.271. The van der Waals surface area contributed by atoms with Gasteiger partial charge in [-0.1, -0.05) is 54.2 Å². The van der Waals surface area contributed by atoms with Crippen molar-refractivity contribution < 1.29 is 14.3 Å². The maximum absolute atomic E-state index is 13.5. The lowest BCUT2D eigenvalue weighted by Gasteiger charge is -2.29. The number of thioether (sulfide) groups is 1. The van der Waals surface area contributed by atoms with Crippen LogP contribution in [-0.4, -0.2) is 52.9 Å². The van der Waals surface area contributed by atoms with Gasteiger partial charge in [-0.3, -0.25) is 19.0 Å². The largest absolute Gasteiger partial charge is 0.376 e. The second-order valence-corrected chi connectivity index (χ2v) is 11.7. The summed E-state index contributed by atoms with van der Waals surface area (Å²) in [4.78, 5) is 43.6. The summed E-state index contributed by atoms with van der Waals surface area (Å²) in [6.07, 6.45) is 6.36. The second-order valence-electron chi connectivity index (χ2n) is 10.8. The van der Waals surface area contributed by atoms with Crippen molar-refractivity contribution in [2.45, 2.75) is 62.8 Å².